The highest BCUT2D eigenvalue weighted by Gasteiger charge is 2.23. The van der Waals surface area contributed by atoms with E-state index in [0.29, 0.717) is 25.2 Å². The van der Waals surface area contributed by atoms with E-state index in [2.05, 4.69) is 4.90 Å². The third-order valence-electron chi connectivity index (χ3n) is 3.77. The summed E-state index contributed by atoms with van der Waals surface area (Å²) < 4.78 is 13.3. The lowest BCUT2D eigenvalue weighted by molar-refractivity contribution is 0.0635. The molecular formula is C15H22FN3O. The van der Waals surface area contributed by atoms with Crippen LogP contribution in [0.25, 0.3) is 0 Å². The number of halogens is 1. The molecule has 1 aromatic rings. The van der Waals surface area contributed by atoms with E-state index < -0.39 is 0 Å². The normalized spacial score (nSPS) is 16.4. The molecule has 0 saturated carbocycles. The Morgan fingerprint density at radius 3 is 2.65 bits per heavy atom. The van der Waals surface area contributed by atoms with Crippen LogP contribution in [0.1, 0.15) is 22.3 Å². The number of rotatable bonds is 4. The van der Waals surface area contributed by atoms with Crippen molar-refractivity contribution in [1.29, 1.82) is 0 Å². The van der Waals surface area contributed by atoms with Crippen LogP contribution in [0.2, 0.25) is 0 Å². The van der Waals surface area contributed by atoms with Crippen LogP contribution in [-0.4, -0.2) is 55.0 Å². The molecule has 1 aliphatic heterocycles. The van der Waals surface area contributed by atoms with Crippen LogP contribution in [-0.2, 0) is 0 Å². The first kappa shape index (κ1) is 14.9. The van der Waals surface area contributed by atoms with E-state index in [0.717, 1.165) is 31.6 Å². The molecule has 0 radical (unpaired) electrons. The quantitative estimate of drug-likeness (QED) is 0.902. The number of carbonyl (C=O) groups excluding carboxylic acids is 1. The first-order valence-corrected chi connectivity index (χ1v) is 7.09. The molecule has 2 N–H and O–H groups in total. The number of nitrogens with two attached hydrogens (primary N) is 1. The fourth-order valence-corrected chi connectivity index (χ4v) is 2.48. The van der Waals surface area contributed by atoms with Crippen LogP contribution in [0.15, 0.2) is 18.2 Å². The van der Waals surface area contributed by atoms with Gasteiger partial charge in [-0.05, 0) is 44.1 Å². The van der Waals surface area contributed by atoms with Crippen LogP contribution >= 0.6 is 0 Å². The lowest BCUT2D eigenvalue weighted by Crippen LogP contribution is -2.49. The first-order valence-electron chi connectivity index (χ1n) is 7.09. The van der Waals surface area contributed by atoms with Crippen LogP contribution in [0, 0.1) is 12.7 Å². The van der Waals surface area contributed by atoms with E-state index in [9.17, 15) is 9.18 Å². The van der Waals surface area contributed by atoms with Crippen molar-refractivity contribution in [2.75, 3.05) is 39.3 Å². The highest BCUT2D eigenvalue weighted by molar-refractivity contribution is 5.95. The fourth-order valence-electron chi connectivity index (χ4n) is 2.48. The van der Waals surface area contributed by atoms with Crippen molar-refractivity contribution < 1.29 is 9.18 Å². The van der Waals surface area contributed by atoms with Crippen molar-refractivity contribution in [2.45, 2.75) is 13.3 Å². The topological polar surface area (TPSA) is 49.6 Å². The molecule has 4 nitrogen and oxygen atoms in total. The summed E-state index contributed by atoms with van der Waals surface area (Å²) in [5.74, 6) is -0.430. The predicted molar refractivity (Wildman–Crippen MR) is 77.2 cm³/mol. The van der Waals surface area contributed by atoms with Gasteiger partial charge in [0.1, 0.15) is 5.82 Å². The molecule has 110 valence electrons. The van der Waals surface area contributed by atoms with Gasteiger partial charge in [-0.15, -0.1) is 0 Å². The lowest BCUT2D eigenvalue weighted by Gasteiger charge is -2.35. The van der Waals surface area contributed by atoms with E-state index >= 15 is 0 Å². The number of aryl methyl sites for hydroxylation is 1. The summed E-state index contributed by atoms with van der Waals surface area (Å²) in [4.78, 5) is 16.5. The van der Waals surface area contributed by atoms with Crippen LogP contribution < -0.4 is 5.73 Å². The Morgan fingerprint density at radius 2 is 2.00 bits per heavy atom. The highest BCUT2D eigenvalue weighted by atomic mass is 19.1. The standard InChI is InChI=1S/C15H22FN3O/c1-12-3-4-13(16)11-14(12)15(20)19-9-7-18(8-10-19)6-2-5-17/h3-4,11H,2,5-10,17H2,1H3. The maximum atomic E-state index is 13.3. The molecule has 0 aliphatic carbocycles. The van der Waals surface area contributed by atoms with E-state index in [1.54, 1.807) is 11.0 Å². The summed E-state index contributed by atoms with van der Waals surface area (Å²) in [5.41, 5.74) is 6.80. The molecule has 1 amide bonds. The number of benzene rings is 1. The number of nitrogens with zero attached hydrogens (tertiary/aromatic N) is 2. The van der Waals surface area contributed by atoms with Gasteiger partial charge in [0.15, 0.2) is 0 Å². The van der Waals surface area contributed by atoms with Gasteiger partial charge in [0.2, 0.25) is 0 Å². The van der Waals surface area contributed by atoms with Gasteiger partial charge in [0, 0.05) is 31.7 Å². The number of carbonyl (C=O) groups is 1. The lowest BCUT2D eigenvalue weighted by atomic mass is 10.1. The second-order valence-electron chi connectivity index (χ2n) is 5.24. The van der Waals surface area contributed by atoms with Gasteiger partial charge in [-0.1, -0.05) is 6.07 Å². The SMILES string of the molecule is Cc1ccc(F)cc1C(=O)N1CCN(CCCN)CC1. The summed E-state index contributed by atoms with van der Waals surface area (Å²) in [6, 6.07) is 4.37. The molecule has 1 saturated heterocycles. The summed E-state index contributed by atoms with van der Waals surface area (Å²) in [6.45, 7) is 6.63. The Hall–Kier alpha value is -1.46. The fraction of sp³-hybridized carbons (Fsp3) is 0.533. The molecule has 0 spiro atoms. The van der Waals surface area contributed by atoms with Gasteiger partial charge in [0.05, 0.1) is 0 Å². The van der Waals surface area contributed by atoms with E-state index in [1.807, 2.05) is 6.92 Å². The van der Waals surface area contributed by atoms with Gasteiger partial charge in [-0.3, -0.25) is 9.69 Å². The first-order chi connectivity index (χ1) is 9.61. The second kappa shape index (κ2) is 6.81. The average molecular weight is 279 g/mol. The van der Waals surface area contributed by atoms with E-state index in [1.165, 1.54) is 12.1 Å². The van der Waals surface area contributed by atoms with E-state index in [4.69, 9.17) is 5.73 Å². The number of amides is 1. The van der Waals surface area contributed by atoms with E-state index in [-0.39, 0.29) is 11.7 Å². The molecule has 0 unspecified atom stereocenters. The van der Waals surface area contributed by atoms with Crippen molar-refractivity contribution in [3.8, 4) is 0 Å². The summed E-state index contributed by atoms with van der Waals surface area (Å²) in [7, 11) is 0. The summed E-state index contributed by atoms with van der Waals surface area (Å²) in [6.07, 6.45) is 0.983. The molecule has 0 bridgehead atoms. The monoisotopic (exact) mass is 279 g/mol. The zero-order valence-electron chi connectivity index (χ0n) is 11.9. The summed E-state index contributed by atoms with van der Waals surface area (Å²) in [5, 5.41) is 0. The number of piperazine rings is 1. The van der Waals surface area contributed by atoms with Crippen molar-refractivity contribution in [3.05, 3.63) is 35.1 Å². The molecule has 2 rings (SSSR count). The van der Waals surface area contributed by atoms with Crippen molar-refractivity contribution in [1.82, 2.24) is 9.80 Å². The summed E-state index contributed by atoms with van der Waals surface area (Å²) >= 11 is 0. The molecule has 1 aromatic carbocycles. The van der Waals surface area contributed by atoms with Crippen LogP contribution in [0.4, 0.5) is 4.39 Å². The minimum Gasteiger partial charge on any atom is -0.336 e. The van der Waals surface area contributed by atoms with Crippen LogP contribution in [0.5, 0.6) is 0 Å². The smallest absolute Gasteiger partial charge is 0.254 e. The molecule has 5 heteroatoms. The third-order valence-corrected chi connectivity index (χ3v) is 3.77. The Labute approximate surface area is 119 Å². The molecule has 0 atom stereocenters. The Bertz CT molecular complexity index is 470. The predicted octanol–water partition coefficient (Wildman–Crippen LogP) is 1.24. The average Bonchev–Trinajstić information content (AvgIpc) is 2.47. The largest absolute Gasteiger partial charge is 0.336 e. The van der Waals surface area contributed by atoms with Gasteiger partial charge in [-0.2, -0.15) is 0 Å². The van der Waals surface area contributed by atoms with Crippen molar-refractivity contribution in [2.24, 2.45) is 5.73 Å². The zero-order chi connectivity index (χ0) is 14.5. The molecular weight excluding hydrogens is 257 g/mol. The molecule has 1 heterocycles. The molecule has 1 fully saturated rings. The Morgan fingerprint density at radius 1 is 1.30 bits per heavy atom. The molecule has 20 heavy (non-hydrogen) atoms. The van der Waals surface area contributed by atoms with Gasteiger partial charge in [-0.25, -0.2) is 4.39 Å². The van der Waals surface area contributed by atoms with Crippen molar-refractivity contribution in [3.63, 3.8) is 0 Å². The zero-order valence-corrected chi connectivity index (χ0v) is 11.9. The maximum absolute atomic E-state index is 13.3. The maximum Gasteiger partial charge on any atom is 0.254 e. The molecule has 0 aromatic heterocycles. The van der Waals surface area contributed by atoms with Gasteiger partial charge in [0.25, 0.3) is 5.91 Å². The third kappa shape index (κ3) is 3.55. The number of hydrogen-bond donors (Lipinski definition) is 1. The van der Waals surface area contributed by atoms with Gasteiger partial charge >= 0.3 is 0 Å². The number of hydrogen-bond acceptors (Lipinski definition) is 3. The minimum absolute atomic E-state index is 0.0690. The Kier molecular flexibility index (Phi) is 5.09. The minimum atomic E-state index is -0.361. The highest BCUT2D eigenvalue weighted by Crippen LogP contribution is 2.14. The Balaban J connectivity index is 1.96. The second-order valence-corrected chi connectivity index (χ2v) is 5.24. The van der Waals surface area contributed by atoms with Crippen molar-refractivity contribution >= 4 is 5.91 Å². The van der Waals surface area contributed by atoms with Crippen LogP contribution in [0.3, 0.4) is 0 Å². The van der Waals surface area contributed by atoms with Gasteiger partial charge < -0.3 is 10.6 Å². The molecule has 1 aliphatic rings.